The lowest BCUT2D eigenvalue weighted by Crippen LogP contribution is -2.51. The summed E-state index contributed by atoms with van der Waals surface area (Å²) in [5.74, 6) is 6.15. The fourth-order valence-electron chi connectivity index (χ4n) is 5.77. The quantitative estimate of drug-likeness (QED) is 0.758. The lowest BCUT2D eigenvalue weighted by atomic mass is 9.49. The fourth-order valence-corrected chi connectivity index (χ4v) is 5.77. The first-order chi connectivity index (χ1) is 7.66. The molecule has 16 heavy (non-hydrogen) atoms. The average Bonchev–Trinajstić information content (AvgIpc) is 2.96. The number of rotatable bonds is 2. The summed E-state index contributed by atoms with van der Waals surface area (Å²) in [4.78, 5) is 0. The molecule has 5 fully saturated rings. The third-order valence-corrected chi connectivity index (χ3v) is 6.61. The van der Waals surface area contributed by atoms with Gasteiger partial charge < -0.3 is 5.73 Å². The van der Waals surface area contributed by atoms with Crippen molar-refractivity contribution in [2.75, 3.05) is 0 Å². The summed E-state index contributed by atoms with van der Waals surface area (Å²) in [6, 6.07) is 0. The molecule has 0 aliphatic heterocycles. The van der Waals surface area contributed by atoms with Gasteiger partial charge in [0.25, 0.3) is 0 Å². The van der Waals surface area contributed by atoms with Crippen LogP contribution in [0, 0.1) is 35.5 Å². The molecule has 5 aliphatic carbocycles. The molecule has 0 aromatic carbocycles. The summed E-state index contributed by atoms with van der Waals surface area (Å²) < 4.78 is 0. The molecule has 0 heterocycles. The zero-order valence-electron chi connectivity index (χ0n) is 10.5. The highest BCUT2D eigenvalue weighted by Crippen LogP contribution is 2.61. The van der Waals surface area contributed by atoms with Crippen LogP contribution in [-0.2, 0) is 0 Å². The van der Waals surface area contributed by atoms with Crippen molar-refractivity contribution < 1.29 is 0 Å². The Kier molecular flexibility index (Phi) is 1.89. The van der Waals surface area contributed by atoms with Crippen LogP contribution in [0.5, 0.6) is 0 Å². The van der Waals surface area contributed by atoms with Gasteiger partial charge in [-0.15, -0.1) is 0 Å². The fraction of sp³-hybridized carbons (Fsp3) is 1.00. The minimum Gasteiger partial charge on any atom is -0.325 e. The summed E-state index contributed by atoms with van der Waals surface area (Å²) >= 11 is 0. The Bertz CT molecular complexity index is 277. The van der Waals surface area contributed by atoms with E-state index in [-0.39, 0.29) is 5.54 Å². The Morgan fingerprint density at radius 3 is 1.88 bits per heavy atom. The van der Waals surface area contributed by atoms with Crippen molar-refractivity contribution in [2.24, 2.45) is 41.2 Å². The standard InChI is InChI=1S/C15H25N/c1-9(15(16)2-3-15)14-12-5-10-4-11(7-12)8-13(14)6-10/h9-14H,2-8,16H2,1H3. The number of hydrogen-bond donors (Lipinski definition) is 1. The first kappa shape index (κ1) is 9.94. The van der Waals surface area contributed by atoms with E-state index in [1.165, 1.54) is 12.8 Å². The predicted octanol–water partition coefficient (Wildman–Crippen LogP) is 3.19. The van der Waals surface area contributed by atoms with E-state index in [1.54, 1.807) is 32.1 Å². The zero-order chi connectivity index (χ0) is 10.9. The topological polar surface area (TPSA) is 26.0 Å². The minimum absolute atomic E-state index is 0.264. The lowest BCUT2D eigenvalue weighted by Gasteiger charge is -2.57. The summed E-state index contributed by atoms with van der Waals surface area (Å²) in [6.45, 7) is 2.47. The Morgan fingerprint density at radius 2 is 1.44 bits per heavy atom. The molecule has 1 unspecified atom stereocenters. The van der Waals surface area contributed by atoms with E-state index in [1.807, 2.05) is 0 Å². The van der Waals surface area contributed by atoms with Gasteiger partial charge in [0, 0.05) is 5.54 Å². The average molecular weight is 219 g/mol. The summed E-state index contributed by atoms with van der Waals surface area (Å²) in [6.07, 6.45) is 10.4. The van der Waals surface area contributed by atoms with Crippen LogP contribution in [0.3, 0.4) is 0 Å². The maximum absolute atomic E-state index is 6.47. The van der Waals surface area contributed by atoms with E-state index in [2.05, 4.69) is 6.92 Å². The molecule has 1 atom stereocenters. The highest BCUT2D eigenvalue weighted by Gasteiger charge is 2.55. The number of nitrogens with two attached hydrogens (primary N) is 1. The molecule has 4 bridgehead atoms. The normalized spacial score (nSPS) is 54.0. The van der Waals surface area contributed by atoms with Crippen LogP contribution in [0.25, 0.3) is 0 Å². The van der Waals surface area contributed by atoms with Crippen molar-refractivity contribution in [3.05, 3.63) is 0 Å². The van der Waals surface area contributed by atoms with Crippen molar-refractivity contribution in [2.45, 2.75) is 57.4 Å². The molecule has 5 rings (SSSR count). The van der Waals surface area contributed by atoms with Crippen LogP contribution < -0.4 is 5.73 Å². The second kappa shape index (κ2) is 3.04. The van der Waals surface area contributed by atoms with E-state index in [9.17, 15) is 0 Å². The van der Waals surface area contributed by atoms with E-state index in [0.29, 0.717) is 0 Å². The van der Waals surface area contributed by atoms with Crippen molar-refractivity contribution in [3.63, 3.8) is 0 Å². The van der Waals surface area contributed by atoms with Gasteiger partial charge in [0.05, 0.1) is 0 Å². The van der Waals surface area contributed by atoms with E-state index in [4.69, 9.17) is 5.73 Å². The van der Waals surface area contributed by atoms with Crippen LogP contribution in [0.1, 0.15) is 51.9 Å². The Labute approximate surface area is 99.2 Å². The highest BCUT2D eigenvalue weighted by atomic mass is 14.8. The van der Waals surface area contributed by atoms with Crippen molar-refractivity contribution >= 4 is 0 Å². The van der Waals surface area contributed by atoms with Crippen LogP contribution >= 0.6 is 0 Å². The maximum Gasteiger partial charge on any atom is 0.0184 e. The molecular formula is C15H25N. The smallest absolute Gasteiger partial charge is 0.0184 e. The molecule has 5 aliphatic rings. The van der Waals surface area contributed by atoms with Gasteiger partial charge in [-0.2, -0.15) is 0 Å². The molecule has 2 N–H and O–H groups in total. The van der Waals surface area contributed by atoms with Crippen molar-refractivity contribution in [3.8, 4) is 0 Å². The first-order valence-corrected chi connectivity index (χ1v) is 7.44. The molecule has 0 amide bonds. The van der Waals surface area contributed by atoms with Gasteiger partial charge in [-0.25, -0.2) is 0 Å². The number of hydrogen-bond acceptors (Lipinski definition) is 1. The van der Waals surface area contributed by atoms with Gasteiger partial charge in [0.2, 0.25) is 0 Å². The molecule has 0 aromatic rings. The largest absolute Gasteiger partial charge is 0.325 e. The molecule has 0 radical (unpaired) electrons. The van der Waals surface area contributed by atoms with Crippen LogP contribution in [-0.4, -0.2) is 5.54 Å². The lowest BCUT2D eigenvalue weighted by molar-refractivity contribution is -0.0645. The van der Waals surface area contributed by atoms with E-state index in [0.717, 1.165) is 35.5 Å². The molecular weight excluding hydrogens is 194 g/mol. The molecule has 0 spiro atoms. The van der Waals surface area contributed by atoms with Crippen molar-refractivity contribution in [1.82, 2.24) is 0 Å². The Morgan fingerprint density at radius 1 is 0.938 bits per heavy atom. The van der Waals surface area contributed by atoms with Gasteiger partial charge in [-0.05, 0) is 80.5 Å². The molecule has 1 nitrogen and oxygen atoms in total. The van der Waals surface area contributed by atoms with Crippen LogP contribution in [0.2, 0.25) is 0 Å². The Hall–Kier alpha value is -0.0400. The molecule has 0 saturated heterocycles. The second-order valence-electron chi connectivity index (χ2n) is 7.53. The molecule has 90 valence electrons. The third kappa shape index (κ3) is 1.27. The van der Waals surface area contributed by atoms with Gasteiger partial charge >= 0.3 is 0 Å². The van der Waals surface area contributed by atoms with Gasteiger partial charge in [0.1, 0.15) is 0 Å². The van der Waals surface area contributed by atoms with E-state index < -0.39 is 0 Å². The SMILES string of the molecule is CC(C1C2CC3CC(C2)CC1C3)C1(N)CC1. The monoisotopic (exact) mass is 219 g/mol. The molecule has 1 heteroatoms. The summed E-state index contributed by atoms with van der Waals surface area (Å²) in [7, 11) is 0. The Balaban J connectivity index is 1.60. The predicted molar refractivity (Wildman–Crippen MR) is 65.9 cm³/mol. The second-order valence-corrected chi connectivity index (χ2v) is 7.53. The van der Waals surface area contributed by atoms with E-state index >= 15 is 0 Å². The maximum atomic E-state index is 6.47. The summed E-state index contributed by atoms with van der Waals surface area (Å²) in [5, 5.41) is 0. The van der Waals surface area contributed by atoms with Gasteiger partial charge in [-0.3, -0.25) is 0 Å². The minimum atomic E-state index is 0.264. The van der Waals surface area contributed by atoms with Gasteiger partial charge in [0.15, 0.2) is 0 Å². The van der Waals surface area contributed by atoms with Gasteiger partial charge in [-0.1, -0.05) is 6.92 Å². The highest BCUT2D eigenvalue weighted by molar-refractivity contribution is 5.09. The van der Waals surface area contributed by atoms with Crippen molar-refractivity contribution in [1.29, 1.82) is 0 Å². The van der Waals surface area contributed by atoms with Crippen LogP contribution in [0.15, 0.2) is 0 Å². The zero-order valence-corrected chi connectivity index (χ0v) is 10.5. The first-order valence-electron chi connectivity index (χ1n) is 7.44. The van der Waals surface area contributed by atoms with Crippen LogP contribution in [0.4, 0.5) is 0 Å². The molecule has 0 aromatic heterocycles. The molecule has 5 saturated carbocycles. The third-order valence-electron chi connectivity index (χ3n) is 6.61. The summed E-state index contributed by atoms with van der Waals surface area (Å²) in [5.41, 5.74) is 6.73.